The largest absolute Gasteiger partial charge is 0.310 e. The van der Waals surface area contributed by atoms with Crippen LogP contribution in [0.25, 0.3) is 0 Å². The molecule has 0 amide bonds. The third kappa shape index (κ3) is 3.33. The van der Waals surface area contributed by atoms with Crippen molar-refractivity contribution in [3.05, 3.63) is 18.0 Å². The van der Waals surface area contributed by atoms with Gasteiger partial charge in [0, 0.05) is 37.4 Å². The van der Waals surface area contributed by atoms with E-state index in [0.717, 1.165) is 13.1 Å². The van der Waals surface area contributed by atoms with Crippen LogP contribution in [0.15, 0.2) is 12.4 Å². The molecule has 1 aliphatic heterocycles. The Bertz CT molecular complexity index is 366. The minimum atomic E-state index is 0.353. The van der Waals surface area contributed by atoms with Gasteiger partial charge in [-0.25, -0.2) is 0 Å². The zero-order valence-electron chi connectivity index (χ0n) is 11.9. The second kappa shape index (κ2) is 5.85. The highest BCUT2D eigenvalue weighted by Gasteiger charge is 2.33. The molecule has 1 unspecified atom stereocenters. The molecule has 1 aliphatic rings. The van der Waals surface area contributed by atoms with Gasteiger partial charge < -0.3 is 10.2 Å². The molecule has 1 aromatic rings. The number of aromatic nitrogens is 2. The highest BCUT2D eigenvalue weighted by Crippen LogP contribution is 2.25. The molecule has 2 rings (SSSR count). The quantitative estimate of drug-likeness (QED) is 0.835. The minimum Gasteiger partial charge on any atom is -0.310 e. The Morgan fingerprint density at radius 2 is 2.39 bits per heavy atom. The average Bonchev–Trinajstić information content (AvgIpc) is 2.89. The molecule has 4 nitrogen and oxygen atoms in total. The summed E-state index contributed by atoms with van der Waals surface area (Å²) in [5.41, 5.74) is 1.65. The minimum absolute atomic E-state index is 0.353. The number of hydrogen-bond donors (Lipinski definition) is 1. The topological polar surface area (TPSA) is 33.1 Å². The van der Waals surface area contributed by atoms with Crippen LogP contribution in [0.3, 0.4) is 0 Å². The van der Waals surface area contributed by atoms with Gasteiger partial charge in [0.1, 0.15) is 0 Å². The van der Waals surface area contributed by atoms with E-state index in [4.69, 9.17) is 0 Å². The van der Waals surface area contributed by atoms with E-state index in [1.165, 1.54) is 37.8 Å². The van der Waals surface area contributed by atoms with Crippen LogP contribution in [0.5, 0.6) is 0 Å². The molecule has 1 fully saturated rings. The average molecular weight is 250 g/mol. The Hall–Kier alpha value is -0.870. The van der Waals surface area contributed by atoms with Gasteiger partial charge in [0.25, 0.3) is 0 Å². The molecule has 0 radical (unpaired) electrons. The number of nitrogens with zero attached hydrogens (tertiary/aromatic N) is 3. The lowest BCUT2D eigenvalue weighted by atomic mass is 9.91. The molecule has 1 N–H and O–H groups in total. The predicted molar refractivity (Wildman–Crippen MR) is 74.4 cm³/mol. The fourth-order valence-electron chi connectivity index (χ4n) is 3.21. The lowest BCUT2D eigenvalue weighted by molar-refractivity contribution is 0.207. The van der Waals surface area contributed by atoms with Crippen LogP contribution >= 0.6 is 0 Å². The normalized spacial score (nSPS) is 24.0. The van der Waals surface area contributed by atoms with E-state index in [9.17, 15) is 0 Å². The molecule has 1 aromatic heterocycles. The second-order valence-corrected chi connectivity index (χ2v) is 5.76. The van der Waals surface area contributed by atoms with Gasteiger partial charge in [0.05, 0.1) is 6.20 Å². The lowest BCUT2D eigenvalue weighted by Crippen LogP contribution is -2.48. The lowest BCUT2D eigenvalue weighted by Gasteiger charge is -2.33. The number of nitrogens with one attached hydrogen (secondary N) is 1. The Balaban J connectivity index is 1.90. The standard InChI is InChI=1S/C14H26N4/c1-4-6-14(7-5-8-15-14)12-17(2)10-13-9-16-18(3)11-13/h9,11,15H,4-8,10,12H2,1-3H3. The molecule has 0 bridgehead atoms. The first-order valence-corrected chi connectivity index (χ1v) is 7.05. The van der Waals surface area contributed by atoms with Gasteiger partial charge in [0.15, 0.2) is 0 Å². The Morgan fingerprint density at radius 3 is 2.94 bits per heavy atom. The van der Waals surface area contributed by atoms with Crippen molar-refractivity contribution in [1.82, 2.24) is 20.0 Å². The molecule has 0 aliphatic carbocycles. The summed E-state index contributed by atoms with van der Waals surface area (Å²) >= 11 is 0. The summed E-state index contributed by atoms with van der Waals surface area (Å²) in [6.07, 6.45) is 9.24. The van der Waals surface area contributed by atoms with Crippen LogP contribution in [0.1, 0.15) is 38.2 Å². The number of rotatable bonds is 6. The third-order valence-electron chi connectivity index (χ3n) is 3.84. The highest BCUT2D eigenvalue weighted by atomic mass is 15.2. The van der Waals surface area contributed by atoms with Gasteiger partial charge in [0.2, 0.25) is 0 Å². The zero-order chi connectivity index (χ0) is 13.0. The fraction of sp³-hybridized carbons (Fsp3) is 0.786. The van der Waals surface area contributed by atoms with E-state index >= 15 is 0 Å². The molecular formula is C14H26N4. The Kier molecular flexibility index (Phi) is 4.40. The summed E-state index contributed by atoms with van der Waals surface area (Å²) in [5.74, 6) is 0. The molecule has 0 saturated carbocycles. The van der Waals surface area contributed by atoms with Gasteiger partial charge in [-0.05, 0) is 32.9 Å². The van der Waals surface area contributed by atoms with Gasteiger partial charge in [-0.2, -0.15) is 5.10 Å². The van der Waals surface area contributed by atoms with Gasteiger partial charge >= 0.3 is 0 Å². The Morgan fingerprint density at radius 1 is 1.56 bits per heavy atom. The summed E-state index contributed by atoms with van der Waals surface area (Å²) in [6, 6.07) is 0. The van der Waals surface area contributed by atoms with Gasteiger partial charge in [-0.3, -0.25) is 4.68 Å². The summed E-state index contributed by atoms with van der Waals surface area (Å²) in [6.45, 7) is 5.58. The van der Waals surface area contributed by atoms with Crippen LogP contribution in [0.2, 0.25) is 0 Å². The van der Waals surface area contributed by atoms with Crippen LogP contribution in [-0.2, 0) is 13.6 Å². The van der Waals surface area contributed by atoms with Crippen LogP contribution in [-0.4, -0.2) is 40.4 Å². The van der Waals surface area contributed by atoms with Crippen molar-refractivity contribution in [2.24, 2.45) is 7.05 Å². The number of hydrogen-bond acceptors (Lipinski definition) is 3. The van der Waals surface area contributed by atoms with E-state index < -0.39 is 0 Å². The SMILES string of the molecule is CCCC1(CN(C)Cc2cnn(C)c2)CCCN1. The van der Waals surface area contributed by atoms with Crippen molar-refractivity contribution in [2.75, 3.05) is 20.1 Å². The van der Waals surface area contributed by atoms with E-state index in [0.29, 0.717) is 5.54 Å². The second-order valence-electron chi connectivity index (χ2n) is 5.76. The summed E-state index contributed by atoms with van der Waals surface area (Å²) in [4.78, 5) is 2.42. The first-order chi connectivity index (χ1) is 8.63. The van der Waals surface area contributed by atoms with E-state index in [2.05, 4.69) is 35.5 Å². The van der Waals surface area contributed by atoms with Crippen molar-refractivity contribution in [2.45, 2.75) is 44.7 Å². The van der Waals surface area contributed by atoms with Crippen LogP contribution < -0.4 is 5.32 Å². The van der Waals surface area contributed by atoms with E-state index in [1.807, 2.05) is 17.9 Å². The Labute approximate surface area is 110 Å². The number of likely N-dealkylation sites (N-methyl/N-ethyl adjacent to an activating group) is 1. The molecule has 2 heterocycles. The molecule has 1 atom stereocenters. The molecular weight excluding hydrogens is 224 g/mol. The van der Waals surface area contributed by atoms with Gasteiger partial charge in [-0.1, -0.05) is 13.3 Å². The monoisotopic (exact) mass is 250 g/mol. The third-order valence-corrected chi connectivity index (χ3v) is 3.84. The first-order valence-electron chi connectivity index (χ1n) is 7.05. The van der Waals surface area contributed by atoms with Crippen molar-refractivity contribution in [3.8, 4) is 0 Å². The van der Waals surface area contributed by atoms with Crippen LogP contribution in [0, 0.1) is 0 Å². The molecule has 4 heteroatoms. The smallest absolute Gasteiger partial charge is 0.0534 e. The predicted octanol–water partition coefficient (Wildman–Crippen LogP) is 1.77. The fourth-order valence-corrected chi connectivity index (χ4v) is 3.21. The zero-order valence-corrected chi connectivity index (χ0v) is 11.9. The molecule has 0 spiro atoms. The summed E-state index contributed by atoms with van der Waals surface area (Å²) in [5, 5.41) is 7.96. The molecule has 1 saturated heterocycles. The first kappa shape index (κ1) is 13.6. The van der Waals surface area contributed by atoms with Crippen LogP contribution in [0.4, 0.5) is 0 Å². The number of aryl methyl sites for hydroxylation is 1. The van der Waals surface area contributed by atoms with Gasteiger partial charge in [-0.15, -0.1) is 0 Å². The maximum Gasteiger partial charge on any atom is 0.0534 e. The molecule has 0 aromatic carbocycles. The van der Waals surface area contributed by atoms with Crippen molar-refractivity contribution < 1.29 is 0 Å². The maximum absolute atomic E-state index is 4.23. The summed E-state index contributed by atoms with van der Waals surface area (Å²) in [7, 11) is 4.19. The summed E-state index contributed by atoms with van der Waals surface area (Å²) < 4.78 is 1.87. The molecule has 102 valence electrons. The van der Waals surface area contributed by atoms with Crippen molar-refractivity contribution >= 4 is 0 Å². The molecule has 18 heavy (non-hydrogen) atoms. The van der Waals surface area contributed by atoms with E-state index in [-0.39, 0.29) is 0 Å². The van der Waals surface area contributed by atoms with E-state index in [1.54, 1.807) is 0 Å². The highest BCUT2D eigenvalue weighted by molar-refractivity contribution is 5.04. The van der Waals surface area contributed by atoms with Crippen molar-refractivity contribution in [1.29, 1.82) is 0 Å². The van der Waals surface area contributed by atoms with Crippen molar-refractivity contribution in [3.63, 3.8) is 0 Å². The maximum atomic E-state index is 4.23.